The van der Waals surface area contributed by atoms with Gasteiger partial charge in [-0.15, -0.1) is 0 Å². The second kappa shape index (κ2) is 34.1. The Morgan fingerprint density at radius 2 is 0.623 bits per heavy atom. The summed E-state index contributed by atoms with van der Waals surface area (Å²) in [6, 6.07) is -10.1. The zero-order valence-corrected chi connectivity index (χ0v) is 43.3. The lowest BCUT2D eigenvalue weighted by molar-refractivity contribution is -0.142. The van der Waals surface area contributed by atoms with Crippen LogP contribution in [0, 0.1) is 0 Å². The highest BCUT2D eigenvalue weighted by atomic mass is 16.4. The number of carbonyl (C=O) groups excluding carboxylic acids is 7. The van der Waals surface area contributed by atoms with Gasteiger partial charge in [0.1, 0.15) is 42.3 Å². The highest BCUT2D eigenvalue weighted by Gasteiger charge is 2.35. The molecule has 0 radical (unpaired) electrons. The van der Waals surface area contributed by atoms with Crippen LogP contribution in [0.3, 0.4) is 0 Å². The maximum absolute atomic E-state index is 14.5. The normalized spacial score (nSPS) is 14.4. The van der Waals surface area contributed by atoms with Gasteiger partial charge in [-0.2, -0.15) is 0 Å². The Bertz CT molecular complexity index is 2370. The molecule has 4 rings (SSSR count). The fourth-order valence-corrected chi connectivity index (χ4v) is 8.13. The van der Waals surface area contributed by atoms with Crippen LogP contribution in [-0.4, -0.2) is 167 Å². The molecule has 29 heteroatoms. The van der Waals surface area contributed by atoms with E-state index in [9.17, 15) is 43.5 Å². The first-order chi connectivity index (χ1) is 37.1. The monoisotopic (exact) mass is 1080 g/mol. The Kier molecular flexibility index (Phi) is 27.5. The number of carboxylic acids is 1. The van der Waals surface area contributed by atoms with Crippen LogP contribution in [0.2, 0.25) is 0 Å². The lowest BCUT2D eigenvalue weighted by Crippen LogP contribution is -2.60. The van der Waals surface area contributed by atoms with Gasteiger partial charge in [-0.05, 0) is 96.8 Å². The van der Waals surface area contributed by atoms with Crippen molar-refractivity contribution in [2.45, 2.75) is 151 Å². The molecule has 0 saturated carbocycles. The van der Waals surface area contributed by atoms with Gasteiger partial charge in [-0.3, -0.25) is 33.6 Å². The van der Waals surface area contributed by atoms with Crippen molar-refractivity contribution in [3.63, 3.8) is 0 Å². The van der Waals surface area contributed by atoms with Gasteiger partial charge in [0.05, 0.1) is 31.4 Å². The number of H-pyrrole nitrogens is 4. The molecule has 0 aliphatic heterocycles. The summed E-state index contributed by atoms with van der Waals surface area (Å²) in [5.74, 6) is -6.59. The number of unbranched alkanes of at least 4 members (excludes halogenated alkanes) is 4. The molecule has 22 N–H and O–H groups in total. The molecule has 8 atom stereocenters. The molecule has 4 aromatic rings. The van der Waals surface area contributed by atoms with Gasteiger partial charge in [0.15, 0.2) is 0 Å². The molecule has 0 unspecified atom stereocenters. The summed E-state index contributed by atoms with van der Waals surface area (Å²) in [7, 11) is 0. The third-order valence-corrected chi connectivity index (χ3v) is 12.5. The number of hydrogen-bond donors (Lipinski definition) is 17. The van der Waals surface area contributed by atoms with Crippen molar-refractivity contribution in [1.29, 1.82) is 0 Å². The van der Waals surface area contributed by atoms with Gasteiger partial charge in [0.25, 0.3) is 0 Å². The fourth-order valence-electron chi connectivity index (χ4n) is 8.13. The maximum Gasteiger partial charge on any atom is 0.326 e. The number of carboxylic acid groups (broad SMARTS) is 1. The van der Waals surface area contributed by atoms with Gasteiger partial charge in [-0.1, -0.05) is 6.42 Å². The van der Waals surface area contributed by atoms with E-state index < -0.39 is 95.7 Å². The smallest absolute Gasteiger partial charge is 0.326 e. The standard InChI is InChI=1S/C48H78N20O9/c49-13-5-1-9-33(53)41(69)65-37(17-29-21-54-25-58-29)45(73)62-34(10-2-6-14-50)42(70)66-38(18-30-22-55-26-59-30)46(74)63-35(11-3-7-15-51)43(71)67-39(19-31-23-56-27-60-31)47(75)64-36(12-4-8-16-52)44(72)68-40(48(76)77)20-32-24-57-28-61-32/h21-28,33-40H,1-20,49-53H2,(H,54,58)(H,55,59)(H,56,60)(H,57,61)(H,62,73)(H,63,74)(H,64,75)(H,65,69)(H,66,70)(H,67,71)(H,68,72)(H,76,77)/t33-,34-,35-,36-,37-,38-,39-,40-/m0/s1. The number of nitrogens with zero attached hydrogens (tertiary/aromatic N) is 4. The predicted octanol–water partition coefficient (Wildman–Crippen LogP) is -3.83. The highest BCUT2D eigenvalue weighted by molar-refractivity contribution is 5.97. The van der Waals surface area contributed by atoms with Gasteiger partial charge in [-0.25, -0.2) is 24.7 Å². The van der Waals surface area contributed by atoms with E-state index in [-0.39, 0.29) is 64.6 Å². The van der Waals surface area contributed by atoms with Crippen molar-refractivity contribution in [1.82, 2.24) is 77.1 Å². The zero-order valence-electron chi connectivity index (χ0n) is 43.3. The topological polar surface area (TPSA) is 486 Å². The first-order valence-electron chi connectivity index (χ1n) is 26.0. The minimum Gasteiger partial charge on any atom is -0.480 e. The van der Waals surface area contributed by atoms with E-state index in [2.05, 4.69) is 77.1 Å². The van der Waals surface area contributed by atoms with Crippen molar-refractivity contribution in [2.24, 2.45) is 28.7 Å². The molecule has 29 nitrogen and oxygen atoms in total. The molecular formula is C48H78N20O9. The minimum absolute atomic E-state index is 0.0294. The second-order valence-corrected chi connectivity index (χ2v) is 18.6. The summed E-state index contributed by atoms with van der Waals surface area (Å²) in [4.78, 5) is 139. The second-order valence-electron chi connectivity index (χ2n) is 18.6. The van der Waals surface area contributed by atoms with Crippen LogP contribution in [0.25, 0.3) is 0 Å². The molecular weight excluding hydrogens is 1000 g/mol. The minimum atomic E-state index is -1.38. The first kappa shape index (κ1) is 61.9. The van der Waals surface area contributed by atoms with Crippen molar-refractivity contribution in [2.75, 3.05) is 26.2 Å². The lowest BCUT2D eigenvalue weighted by Gasteiger charge is -2.28. The van der Waals surface area contributed by atoms with E-state index in [4.69, 9.17) is 28.7 Å². The third kappa shape index (κ3) is 22.3. The maximum atomic E-state index is 14.5. The summed E-state index contributed by atoms with van der Waals surface area (Å²) in [5.41, 5.74) is 31.0. The van der Waals surface area contributed by atoms with Crippen LogP contribution in [0.15, 0.2) is 50.1 Å². The number of imidazole rings is 4. The summed E-state index contributed by atoms with van der Waals surface area (Å²) in [6.45, 7) is 1.26. The average molecular weight is 1080 g/mol. The Labute approximate surface area is 445 Å². The van der Waals surface area contributed by atoms with E-state index >= 15 is 0 Å². The number of nitrogens with two attached hydrogens (primary N) is 5. The fraction of sp³-hybridized carbons (Fsp3) is 0.583. The van der Waals surface area contributed by atoms with Crippen LogP contribution in [0.5, 0.6) is 0 Å². The largest absolute Gasteiger partial charge is 0.480 e. The van der Waals surface area contributed by atoms with Crippen LogP contribution < -0.4 is 65.9 Å². The Morgan fingerprint density at radius 3 is 0.896 bits per heavy atom. The average Bonchev–Trinajstić information content (AvgIpc) is 4.28. The van der Waals surface area contributed by atoms with Crippen molar-refractivity contribution in [3.8, 4) is 0 Å². The summed E-state index contributed by atoms with van der Waals surface area (Å²) in [6.07, 6.45) is 15.2. The number of hydrogen-bond acceptors (Lipinski definition) is 17. The number of rotatable bonds is 39. The van der Waals surface area contributed by atoms with Crippen molar-refractivity contribution < 1.29 is 43.5 Å². The molecule has 424 valence electrons. The number of amides is 7. The Balaban J connectivity index is 1.59. The first-order valence-corrected chi connectivity index (χ1v) is 26.0. The van der Waals surface area contributed by atoms with Gasteiger partial charge in [0, 0.05) is 73.2 Å². The molecule has 0 fully saturated rings. The summed E-state index contributed by atoms with van der Waals surface area (Å²) in [5, 5.41) is 28.9. The SMILES string of the molecule is NCCCC[C@H](NC(=O)[C@H](Cc1cnc[nH]1)NC(=O)[C@H](CCCCN)NC(=O)[C@H](Cc1cnc[nH]1)NC(=O)[C@H](CCCCN)NC(=O)[C@H](Cc1cnc[nH]1)NC(=O)[C@@H](N)CCCCN)C(=O)N[C@@H](Cc1cnc[nH]1)C(=O)O. The van der Waals surface area contributed by atoms with Crippen LogP contribution >= 0.6 is 0 Å². The van der Waals surface area contributed by atoms with E-state index in [0.29, 0.717) is 87.1 Å². The zero-order chi connectivity index (χ0) is 56.0. The summed E-state index contributed by atoms with van der Waals surface area (Å²) >= 11 is 0. The van der Waals surface area contributed by atoms with Crippen LogP contribution in [0.1, 0.15) is 99.8 Å². The van der Waals surface area contributed by atoms with Gasteiger partial charge in [0.2, 0.25) is 41.4 Å². The van der Waals surface area contributed by atoms with Gasteiger partial charge >= 0.3 is 5.97 Å². The highest BCUT2D eigenvalue weighted by Crippen LogP contribution is 2.12. The van der Waals surface area contributed by atoms with Crippen molar-refractivity contribution >= 4 is 47.3 Å². The lowest BCUT2D eigenvalue weighted by atomic mass is 10.0. The Morgan fingerprint density at radius 1 is 0.377 bits per heavy atom. The molecule has 4 heterocycles. The van der Waals surface area contributed by atoms with E-state index in [1.807, 2.05) is 0 Å². The van der Waals surface area contributed by atoms with Crippen molar-refractivity contribution in [3.05, 3.63) is 72.9 Å². The molecule has 0 bridgehead atoms. The predicted molar refractivity (Wildman–Crippen MR) is 280 cm³/mol. The van der Waals surface area contributed by atoms with E-state index in [1.54, 1.807) is 0 Å². The number of aliphatic carboxylic acids is 1. The molecule has 0 spiro atoms. The Hall–Kier alpha value is -7.60. The number of carbonyl (C=O) groups is 8. The van der Waals surface area contributed by atoms with Crippen LogP contribution in [-0.2, 0) is 64.0 Å². The summed E-state index contributed by atoms with van der Waals surface area (Å²) < 4.78 is 0. The van der Waals surface area contributed by atoms with E-state index in [0.717, 1.165) is 0 Å². The number of nitrogens with one attached hydrogen (secondary N) is 11. The third-order valence-electron chi connectivity index (χ3n) is 12.5. The van der Waals surface area contributed by atoms with E-state index in [1.165, 1.54) is 50.1 Å². The molecule has 0 aliphatic rings. The molecule has 7 amide bonds. The molecule has 0 aromatic carbocycles. The molecule has 0 aliphatic carbocycles. The number of aromatic nitrogens is 8. The van der Waals surface area contributed by atoms with Gasteiger partial charge < -0.3 is 90.9 Å². The number of aromatic amines is 4. The van der Waals surface area contributed by atoms with Crippen LogP contribution in [0.4, 0.5) is 0 Å². The quantitative estimate of drug-likeness (QED) is 0.0190. The molecule has 4 aromatic heterocycles. The molecule has 77 heavy (non-hydrogen) atoms. The molecule has 0 saturated heterocycles.